The summed E-state index contributed by atoms with van der Waals surface area (Å²) in [6.07, 6.45) is 4.57. The van der Waals surface area contributed by atoms with Crippen LogP contribution in [0.5, 0.6) is 11.5 Å². The molecule has 1 unspecified atom stereocenters. The first kappa shape index (κ1) is 23.3. The number of carbonyl (C=O) groups is 1. The summed E-state index contributed by atoms with van der Waals surface area (Å²) in [6, 6.07) is 9.10. The van der Waals surface area contributed by atoms with Crippen LogP contribution in [0, 0.1) is 0 Å². The van der Waals surface area contributed by atoms with E-state index < -0.39 is 16.1 Å². The van der Waals surface area contributed by atoms with Gasteiger partial charge in [-0.2, -0.15) is 16.5 Å². The number of aromatic nitrogens is 3. The van der Waals surface area contributed by atoms with E-state index in [0.29, 0.717) is 55.7 Å². The number of benzene rings is 1. The van der Waals surface area contributed by atoms with Gasteiger partial charge >= 0.3 is 0 Å². The summed E-state index contributed by atoms with van der Waals surface area (Å²) < 4.78 is 41.3. The maximum absolute atomic E-state index is 13.0. The van der Waals surface area contributed by atoms with E-state index in [-0.39, 0.29) is 10.8 Å². The average Bonchev–Trinajstić information content (AvgIpc) is 3.24. The standard InChI is InChI=1S/C21H25N5O5S2/c1-32-13-8-16(21(27)22-9-7-20-24-23-19-4-2-3-10-26(19)20)25-33(28,29)15-5-6-17-18(14-15)31-12-11-30-17/h2-6,10,14,16,25H,7-9,11-13H2,1H3,(H,22,27). The lowest BCUT2D eigenvalue weighted by atomic mass is 10.2. The maximum atomic E-state index is 13.0. The van der Waals surface area contributed by atoms with E-state index in [0.717, 1.165) is 5.65 Å². The third kappa shape index (κ3) is 5.57. The van der Waals surface area contributed by atoms with Gasteiger partial charge in [0.15, 0.2) is 17.1 Å². The minimum atomic E-state index is -3.95. The molecule has 33 heavy (non-hydrogen) atoms. The van der Waals surface area contributed by atoms with Gasteiger partial charge in [0.1, 0.15) is 25.1 Å². The topological polar surface area (TPSA) is 124 Å². The number of amides is 1. The van der Waals surface area contributed by atoms with Gasteiger partial charge in [-0.05, 0) is 42.7 Å². The van der Waals surface area contributed by atoms with E-state index in [9.17, 15) is 13.2 Å². The van der Waals surface area contributed by atoms with E-state index in [1.807, 2.05) is 35.1 Å². The number of sulfonamides is 1. The fourth-order valence-electron chi connectivity index (χ4n) is 3.41. The number of nitrogens with zero attached hydrogens (tertiary/aromatic N) is 3. The van der Waals surface area contributed by atoms with Crippen molar-refractivity contribution in [2.45, 2.75) is 23.8 Å². The molecule has 0 bridgehead atoms. The second-order valence-corrected chi connectivity index (χ2v) is 10.0. The number of hydrogen-bond acceptors (Lipinski definition) is 8. The molecule has 2 N–H and O–H groups in total. The largest absolute Gasteiger partial charge is 0.486 e. The van der Waals surface area contributed by atoms with Gasteiger partial charge in [-0.15, -0.1) is 10.2 Å². The first-order valence-electron chi connectivity index (χ1n) is 10.5. The van der Waals surface area contributed by atoms with Crippen molar-refractivity contribution < 1.29 is 22.7 Å². The lowest BCUT2D eigenvalue weighted by Crippen LogP contribution is -2.47. The van der Waals surface area contributed by atoms with Gasteiger partial charge in [0.05, 0.1) is 4.90 Å². The van der Waals surface area contributed by atoms with Crippen LogP contribution in [-0.4, -0.2) is 66.7 Å². The average molecular weight is 492 g/mol. The highest BCUT2D eigenvalue weighted by Crippen LogP contribution is 2.32. The molecule has 3 aromatic rings. The van der Waals surface area contributed by atoms with E-state index >= 15 is 0 Å². The molecule has 1 amide bonds. The van der Waals surface area contributed by atoms with Crippen LogP contribution in [0.1, 0.15) is 12.2 Å². The molecule has 2 aromatic heterocycles. The van der Waals surface area contributed by atoms with Crippen molar-refractivity contribution in [1.29, 1.82) is 0 Å². The Balaban J connectivity index is 1.41. The van der Waals surface area contributed by atoms with Crippen molar-refractivity contribution in [2.24, 2.45) is 0 Å². The summed E-state index contributed by atoms with van der Waals surface area (Å²) in [6.45, 7) is 1.07. The van der Waals surface area contributed by atoms with Crippen molar-refractivity contribution >= 4 is 33.3 Å². The zero-order chi connectivity index (χ0) is 23.3. The fraction of sp³-hybridized carbons (Fsp3) is 0.381. The van der Waals surface area contributed by atoms with E-state index in [4.69, 9.17) is 9.47 Å². The zero-order valence-corrected chi connectivity index (χ0v) is 19.7. The Labute approximate surface area is 196 Å². The quantitative estimate of drug-likeness (QED) is 0.434. The first-order chi connectivity index (χ1) is 16.0. The number of rotatable bonds is 10. The Morgan fingerprint density at radius 3 is 2.82 bits per heavy atom. The van der Waals surface area contributed by atoms with Gasteiger partial charge in [-0.25, -0.2) is 8.42 Å². The summed E-state index contributed by atoms with van der Waals surface area (Å²) in [7, 11) is -3.95. The second kappa shape index (κ2) is 10.4. The van der Waals surface area contributed by atoms with E-state index in [1.54, 1.807) is 6.07 Å². The molecule has 12 heteroatoms. The van der Waals surface area contributed by atoms with Crippen LogP contribution in [0.15, 0.2) is 47.5 Å². The normalized spacial score (nSPS) is 14.2. The van der Waals surface area contributed by atoms with Crippen LogP contribution in [-0.2, 0) is 21.2 Å². The van der Waals surface area contributed by atoms with Gasteiger partial charge in [-0.1, -0.05) is 6.07 Å². The van der Waals surface area contributed by atoms with Crippen molar-refractivity contribution in [2.75, 3.05) is 31.8 Å². The summed E-state index contributed by atoms with van der Waals surface area (Å²) in [5.41, 5.74) is 0.726. The maximum Gasteiger partial charge on any atom is 0.241 e. The molecule has 176 valence electrons. The number of hydrogen-bond donors (Lipinski definition) is 2. The minimum Gasteiger partial charge on any atom is -0.486 e. The molecule has 4 rings (SSSR count). The predicted octanol–water partition coefficient (Wildman–Crippen LogP) is 1.26. The molecule has 0 aliphatic carbocycles. The number of pyridine rings is 1. The lowest BCUT2D eigenvalue weighted by molar-refractivity contribution is -0.122. The number of ether oxygens (including phenoxy) is 2. The summed E-state index contributed by atoms with van der Waals surface area (Å²) in [4.78, 5) is 12.9. The summed E-state index contributed by atoms with van der Waals surface area (Å²) >= 11 is 1.54. The van der Waals surface area contributed by atoms with Crippen LogP contribution in [0.4, 0.5) is 0 Å². The van der Waals surface area contributed by atoms with Gasteiger partial charge < -0.3 is 14.8 Å². The second-order valence-electron chi connectivity index (χ2n) is 7.35. The highest BCUT2D eigenvalue weighted by atomic mass is 32.2. The molecule has 3 heterocycles. The third-order valence-corrected chi connectivity index (χ3v) is 7.19. The molecular weight excluding hydrogens is 466 g/mol. The Hall–Kier alpha value is -2.83. The van der Waals surface area contributed by atoms with Gasteiger partial charge in [-0.3, -0.25) is 9.20 Å². The first-order valence-corrected chi connectivity index (χ1v) is 13.3. The Morgan fingerprint density at radius 2 is 2.00 bits per heavy atom. The number of nitrogens with one attached hydrogen (secondary N) is 2. The molecule has 1 aliphatic heterocycles. The van der Waals surface area contributed by atoms with Crippen LogP contribution in [0.2, 0.25) is 0 Å². The number of thioether (sulfide) groups is 1. The summed E-state index contributed by atoms with van der Waals surface area (Å²) in [5.74, 6) is 1.81. The number of fused-ring (bicyclic) bond motifs is 2. The van der Waals surface area contributed by atoms with Crippen molar-refractivity contribution in [3.63, 3.8) is 0 Å². The number of carbonyl (C=O) groups excluding carboxylic acids is 1. The van der Waals surface area contributed by atoms with Crippen molar-refractivity contribution in [1.82, 2.24) is 24.6 Å². The Kier molecular flexibility index (Phi) is 7.36. The SMILES string of the molecule is CSCCC(NS(=O)(=O)c1ccc2c(c1)OCCO2)C(=O)NCCc1nnc2ccccn12. The zero-order valence-electron chi connectivity index (χ0n) is 18.1. The van der Waals surface area contributed by atoms with E-state index in [1.165, 1.54) is 23.9 Å². The van der Waals surface area contributed by atoms with Crippen molar-refractivity contribution in [3.05, 3.63) is 48.4 Å². The molecule has 0 spiro atoms. The summed E-state index contributed by atoms with van der Waals surface area (Å²) in [5, 5.41) is 11.1. The minimum absolute atomic E-state index is 0.0173. The molecule has 1 aromatic carbocycles. The fourth-order valence-corrected chi connectivity index (χ4v) is 5.12. The molecular formula is C21H25N5O5S2. The van der Waals surface area contributed by atoms with Crippen LogP contribution in [0.3, 0.4) is 0 Å². The molecule has 1 atom stereocenters. The van der Waals surface area contributed by atoms with Gasteiger partial charge in [0.25, 0.3) is 0 Å². The monoisotopic (exact) mass is 491 g/mol. The van der Waals surface area contributed by atoms with Crippen LogP contribution >= 0.6 is 11.8 Å². The molecule has 0 radical (unpaired) electrons. The Morgan fingerprint density at radius 1 is 1.18 bits per heavy atom. The smallest absolute Gasteiger partial charge is 0.241 e. The van der Waals surface area contributed by atoms with Crippen LogP contribution in [0.25, 0.3) is 5.65 Å². The predicted molar refractivity (Wildman–Crippen MR) is 124 cm³/mol. The lowest BCUT2D eigenvalue weighted by Gasteiger charge is -2.21. The molecule has 0 saturated carbocycles. The molecule has 0 saturated heterocycles. The Bertz CT molecular complexity index is 1230. The third-order valence-electron chi connectivity index (χ3n) is 5.08. The van der Waals surface area contributed by atoms with Gasteiger partial charge in [0.2, 0.25) is 15.9 Å². The van der Waals surface area contributed by atoms with E-state index in [2.05, 4.69) is 20.2 Å². The molecule has 0 fully saturated rings. The highest BCUT2D eigenvalue weighted by molar-refractivity contribution is 7.98. The molecule has 1 aliphatic rings. The highest BCUT2D eigenvalue weighted by Gasteiger charge is 2.27. The van der Waals surface area contributed by atoms with Crippen molar-refractivity contribution in [3.8, 4) is 11.5 Å². The van der Waals surface area contributed by atoms with Crippen LogP contribution < -0.4 is 19.5 Å². The molecule has 10 nitrogen and oxygen atoms in total. The van der Waals surface area contributed by atoms with Gasteiger partial charge in [0, 0.05) is 25.2 Å².